The highest BCUT2D eigenvalue weighted by Gasteiger charge is 2.16. The molecule has 6 heteroatoms. The largest absolute Gasteiger partial charge is 0.0814 e. The normalized spacial score (nSPS) is 10.5. The van der Waals surface area contributed by atoms with Crippen LogP contribution in [0.25, 0.3) is 0 Å². The zero-order valence-electron chi connectivity index (χ0n) is 5.27. The fourth-order valence-corrected chi connectivity index (χ4v) is 2.91. The van der Waals surface area contributed by atoms with Crippen LogP contribution < -0.4 is 0 Å². The van der Waals surface area contributed by atoms with Crippen LogP contribution >= 0.6 is 84.9 Å². The minimum Gasteiger partial charge on any atom is -0.0814 e. The number of hydrogen-bond donors (Lipinski definition) is 0. The Morgan fingerprint density at radius 1 is 0.833 bits per heavy atom. The lowest BCUT2D eigenvalue weighted by molar-refractivity contribution is 1.59. The summed E-state index contributed by atoms with van der Waals surface area (Å²) in [7, 11) is 0. The molecule has 0 radical (unpaired) electrons. The Hall–Kier alpha value is 1.59. The molecule has 1 aromatic rings. The molecule has 0 nitrogen and oxygen atoms in total. The third-order valence-electron chi connectivity index (χ3n) is 1.16. The van der Waals surface area contributed by atoms with E-state index in [2.05, 4.69) is 15.9 Å². The molecule has 1 rings (SSSR count). The molecule has 0 aliphatic heterocycles. The second-order valence-electron chi connectivity index (χ2n) is 1.88. The van der Waals surface area contributed by atoms with Crippen molar-refractivity contribution < 1.29 is 0 Å². The molecule has 66 valence electrons. The van der Waals surface area contributed by atoms with Gasteiger partial charge in [-0.25, -0.2) is 0 Å². The van der Waals surface area contributed by atoms with Gasteiger partial charge in [0.15, 0.2) is 0 Å². The first-order valence-electron chi connectivity index (χ1n) is 2.63. The summed E-state index contributed by atoms with van der Waals surface area (Å²) >= 11 is 28.5. The van der Waals surface area contributed by atoms with Gasteiger partial charge in [-0.3, -0.25) is 0 Å². The van der Waals surface area contributed by atoms with E-state index >= 15 is 0 Å². The monoisotopic (exact) mass is 418 g/mol. The van der Waals surface area contributed by atoms with Gasteiger partial charge in [0.25, 0.3) is 0 Å². The van der Waals surface area contributed by atoms with Gasteiger partial charge in [0, 0.05) is 0 Å². The van der Waals surface area contributed by atoms with Crippen LogP contribution in [0.3, 0.4) is 0 Å². The van der Waals surface area contributed by atoms with Gasteiger partial charge >= 0.3 is 0 Å². The van der Waals surface area contributed by atoms with Crippen molar-refractivity contribution >= 4 is 84.9 Å². The molecule has 0 saturated carbocycles. The predicted octanol–water partition coefficient (Wildman–Crippen LogP) is 5.67. The van der Waals surface area contributed by atoms with Gasteiger partial charge in [-0.15, -0.1) is 0 Å². The van der Waals surface area contributed by atoms with Crippen LogP contribution in [-0.4, -0.2) is 0 Å². The lowest BCUT2D eigenvalue weighted by Gasteiger charge is -2.06. The van der Waals surface area contributed by atoms with Crippen LogP contribution in [0.2, 0.25) is 20.1 Å². The van der Waals surface area contributed by atoms with E-state index in [1.807, 2.05) is 22.6 Å². The molecular weight excluding hydrogens is 421 g/mol. The molecular formula is C6BrCl4I. The molecule has 0 heterocycles. The summed E-state index contributed by atoms with van der Waals surface area (Å²) in [6.07, 6.45) is 0. The van der Waals surface area contributed by atoms with Gasteiger partial charge < -0.3 is 0 Å². The van der Waals surface area contributed by atoms with Crippen LogP contribution in [0, 0.1) is 3.57 Å². The number of benzene rings is 1. The van der Waals surface area contributed by atoms with Crippen molar-refractivity contribution in [3.05, 3.63) is 28.1 Å². The van der Waals surface area contributed by atoms with Crippen molar-refractivity contribution in [2.45, 2.75) is 0 Å². The Morgan fingerprint density at radius 3 is 1.50 bits per heavy atom. The van der Waals surface area contributed by atoms with Crippen molar-refractivity contribution in [3.63, 3.8) is 0 Å². The first-order valence-corrected chi connectivity index (χ1v) is 6.02. The van der Waals surface area contributed by atoms with Crippen LogP contribution in [0.4, 0.5) is 0 Å². The quantitative estimate of drug-likeness (QED) is 0.288. The van der Waals surface area contributed by atoms with E-state index in [0.717, 1.165) is 0 Å². The summed E-state index contributed by atoms with van der Waals surface area (Å²) in [5, 5.41) is 1.60. The highest BCUT2D eigenvalue weighted by atomic mass is 127. The molecule has 0 aliphatic carbocycles. The molecule has 0 aromatic heterocycles. The third-order valence-corrected chi connectivity index (χ3v) is 5.83. The highest BCUT2D eigenvalue weighted by Crippen LogP contribution is 2.44. The van der Waals surface area contributed by atoms with Crippen molar-refractivity contribution in [1.29, 1.82) is 0 Å². The molecule has 0 amide bonds. The van der Waals surface area contributed by atoms with E-state index < -0.39 is 0 Å². The second-order valence-corrected chi connectivity index (χ2v) is 5.27. The van der Waals surface area contributed by atoms with E-state index in [9.17, 15) is 0 Å². The minimum atomic E-state index is 0.385. The SMILES string of the molecule is Clc1c(Cl)c(I)c(Cl)c(Cl)c1Br. The third kappa shape index (κ3) is 1.98. The minimum absolute atomic E-state index is 0.385. The van der Waals surface area contributed by atoms with Crippen LogP contribution in [-0.2, 0) is 0 Å². The molecule has 0 atom stereocenters. The van der Waals surface area contributed by atoms with Crippen LogP contribution in [0.5, 0.6) is 0 Å². The number of rotatable bonds is 0. The van der Waals surface area contributed by atoms with Crippen molar-refractivity contribution in [2.24, 2.45) is 0 Å². The molecule has 0 saturated heterocycles. The summed E-state index contributed by atoms with van der Waals surface area (Å²) in [5.74, 6) is 0. The topological polar surface area (TPSA) is 0 Å². The molecule has 12 heavy (non-hydrogen) atoms. The first-order chi connectivity index (χ1) is 5.46. The van der Waals surface area contributed by atoms with E-state index in [1.165, 1.54) is 0 Å². The molecule has 0 spiro atoms. The first kappa shape index (κ1) is 11.7. The van der Waals surface area contributed by atoms with Gasteiger partial charge in [0.05, 0.1) is 28.1 Å². The molecule has 0 unspecified atom stereocenters. The summed E-state index contributed by atoms with van der Waals surface area (Å²) in [6.45, 7) is 0. The summed E-state index contributed by atoms with van der Waals surface area (Å²) in [6, 6.07) is 0. The molecule has 1 aromatic carbocycles. The Morgan fingerprint density at radius 2 is 1.17 bits per heavy atom. The van der Waals surface area contributed by atoms with Gasteiger partial charge in [-0.1, -0.05) is 46.4 Å². The van der Waals surface area contributed by atoms with Gasteiger partial charge in [0.2, 0.25) is 0 Å². The Kier molecular flexibility index (Phi) is 4.28. The van der Waals surface area contributed by atoms with Crippen LogP contribution in [0.15, 0.2) is 4.47 Å². The Balaban J connectivity index is 3.60. The maximum Gasteiger partial charge on any atom is 0.0761 e. The van der Waals surface area contributed by atoms with E-state index in [-0.39, 0.29) is 0 Å². The Labute approximate surface area is 112 Å². The maximum absolute atomic E-state index is 5.85. The summed E-state index contributed by atoms with van der Waals surface area (Å²) < 4.78 is 1.19. The summed E-state index contributed by atoms with van der Waals surface area (Å²) in [4.78, 5) is 0. The second kappa shape index (κ2) is 4.41. The lowest BCUT2D eigenvalue weighted by Crippen LogP contribution is -1.83. The van der Waals surface area contributed by atoms with Crippen molar-refractivity contribution in [3.8, 4) is 0 Å². The fraction of sp³-hybridized carbons (Fsp3) is 0. The van der Waals surface area contributed by atoms with E-state index in [0.29, 0.717) is 28.1 Å². The number of halogens is 6. The van der Waals surface area contributed by atoms with E-state index in [1.54, 1.807) is 0 Å². The van der Waals surface area contributed by atoms with Gasteiger partial charge in [-0.05, 0) is 38.5 Å². The molecule has 0 aliphatic rings. The number of hydrogen-bond acceptors (Lipinski definition) is 0. The standard InChI is InChI=1S/C6BrCl4I/c7-1-2(8)4(10)6(12)5(11)3(1)9. The smallest absolute Gasteiger partial charge is 0.0761 e. The molecule has 0 bridgehead atoms. The Bertz CT molecular complexity index is 234. The zero-order chi connectivity index (χ0) is 9.46. The molecule has 0 N–H and O–H groups in total. The molecule has 0 fully saturated rings. The average Bonchev–Trinajstić information content (AvgIpc) is 2.08. The zero-order valence-corrected chi connectivity index (χ0v) is 12.0. The average molecular weight is 421 g/mol. The van der Waals surface area contributed by atoms with E-state index in [4.69, 9.17) is 46.4 Å². The summed E-state index contributed by atoms with van der Waals surface area (Å²) in [5.41, 5.74) is 0. The van der Waals surface area contributed by atoms with Crippen molar-refractivity contribution in [2.75, 3.05) is 0 Å². The van der Waals surface area contributed by atoms with Gasteiger partial charge in [-0.2, -0.15) is 0 Å². The fourth-order valence-electron chi connectivity index (χ4n) is 0.578. The van der Waals surface area contributed by atoms with Crippen LogP contribution in [0.1, 0.15) is 0 Å². The maximum atomic E-state index is 5.85. The predicted molar refractivity (Wildman–Crippen MR) is 66.9 cm³/mol. The van der Waals surface area contributed by atoms with Gasteiger partial charge in [0.1, 0.15) is 0 Å². The highest BCUT2D eigenvalue weighted by molar-refractivity contribution is 14.1. The lowest BCUT2D eigenvalue weighted by atomic mass is 10.3. The van der Waals surface area contributed by atoms with Crippen molar-refractivity contribution in [1.82, 2.24) is 0 Å².